The summed E-state index contributed by atoms with van der Waals surface area (Å²) in [7, 11) is 3.05. The van der Waals surface area contributed by atoms with Crippen molar-refractivity contribution in [3.05, 3.63) is 52.5 Å². The van der Waals surface area contributed by atoms with Crippen molar-refractivity contribution in [1.29, 1.82) is 0 Å². The highest BCUT2D eigenvalue weighted by molar-refractivity contribution is 6.31. The van der Waals surface area contributed by atoms with Gasteiger partial charge >= 0.3 is 0 Å². The Labute approximate surface area is 164 Å². The van der Waals surface area contributed by atoms with Gasteiger partial charge in [-0.05, 0) is 43.2 Å². The molecule has 144 valence electrons. The molecule has 2 aromatic rings. The molecule has 0 fully saturated rings. The fraction of sp³-hybridized carbons (Fsp3) is 0.300. The number of carbonyl (C=O) groups is 2. The first kappa shape index (κ1) is 20.6. The molecule has 2 rings (SSSR count). The number of halogens is 1. The number of anilines is 1. The van der Waals surface area contributed by atoms with Crippen LogP contribution in [0.15, 0.2) is 36.4 Å². The third-order valence-corrected chi connectivity index (χ3v) is 4.23. The Kier molecular flexibility index (Phi) is 7.07. The number of nitrogens with one attached hydrogen (secondary N) is 1. The molecule has 0 spiro atoms. The molecule has 0 saturated carbocycles. The van der Waals surface area contributed by atoms with Crippen molar-refractivity contribution in [3.8, 4) is 11.5 Å². The fourth-order valence-electron chi connectivity index (χ4n) is 2.54. The van der Waals surface area contributed by atoms with Gasteiger partial charge < -0.3 is 19.7 Å². The van der Waals surface area contributed by atoms with Gasteiger partial charge in [-0.15, -0.1) is 0 Å². The maximum atomic E-state index is 12.3. The molecule has 0 aliphatic heterocycles. The number of ether oxygens (including phenoxy) is 2. The van der Waals surface area contributed by atoms with Crippen molar-refractivity contribution >= 4 is 29.1 Å². The molecule has 0 heterocycles. The molecular formula is C20H23ClN2O4. The number of benzene rings is 2. The van der Waals surface area contributed by atoms with Crippen LogP contribution >= 0.6 is 11.6 Å². The van der Waals surface area contributed by atoms with Crippen molar-refractivity contribution in [2.24, 2.45) is 0 Å². The van der Waals surface area contributed by atoms with Crippen molar-refractivity contribution in [1.82, 2.24) is 4.90 Å². The molecule has 0 saturated heterocycles. The molecule has 6 nitrogen and oxygen atoms in total. The topological polar surface area (TPSA) is 67.9 Å². The highest BCUT2D eigenvalue weighted by atomic mass is 35.5. The maximum absolute atomic E-state index is 12.3. The van der Waals surface area contributed by atoms with Crippen LogP contribution in [0, 0.1) is 13.8 Å². The Morgan fingerprint density at radius 1 is 1.15 bits per heavy atom. The summed E-state index contributed by atoms with van der Waals surface area (Å²) in [6, 6.07) is 10.7. The van der Waals surface area contributed by atoms with E-state index >= 15 is 0 Å². The maximum Gasteiger partial charge on any atom is 0.260 e. The largest absolute Gasteiger partial charge is 0.495 e. The summed E-state index contributed by atoms with van der Waals surface area (Å²) < 4.78 is 10.8. The Balaban J connectivity index is 1.92. The van der Waals surface area contributed by atoms with Crippen LogP contribution in [0.1, 0.15) is 11.1 Å². The van der Waals surface area contributed by atoms with E-state index in [9.17, 15) is 9.59 Å². The van der Waals surface area contributed by atoms with Crippen molar-refractivity contribution in [2.45, 2.75) is 13.8 Å². The number of likely N-dealkylation sites (N-methyl/N-ethyl adjacent to an activating group) is 1. The summed E-state index contributed by atoms with van der Waals surface area (Å²) in [5.74, 6) is 0.511. The summed E-state index contributed by atoms with van der Waals surface area (Å²) in [5, 5.41) is 3.17. The Morgan fingerprint density at radius 2 is 1.81 bits per heavy atom. The van der Waals surface area contributed by atoms with E-state index in [4.69, 9.17) is 21.1 Å². The molecule has 0 aromatic heterocycles. The molecule has 7 heteroatoms. The summed E-state index contributed by atoms with van der Waals surface area (Å²) in [6.07, 6.45) is 0. The Hall–Kier alpha value is -2.73. The lowest BCUT2D eigenvalue weighted by Crippen LogP contribution is -2.37. The molecule has 0 bridgehead atoms. The van der Waals surface area contributed by atoms with E-state index in [2.05, 4.69) is 5.32 Å². The van der Waals surface area contributed by atoms with Gasteiger partial charge in [-0.2, -0.15) is 0 Å². The van der Waals surface area contributed by atoms with Gasteiger partial charge in [-0.3, -0.25) is 9.59 Å². The van der Waals surface area contributed by atoms with Crippen molar-refractivity contribution < 1.29 is 19.1 Å². The van der Waals surface area contributed by atoms with Gasteiger partial charge in [-0.25, -0.2) is 0 Å². The number of hydrogen-bond donors (Lipinski definition) is 1. The van der Waals surface area contributed by atoms with E-state index in [1.807, 2.05) is 32.0 Å². The van der Waals surface area contributed by atoms with Crippen LogP contribution < -0.4 is 14.8 Å². The summed E-state index contributed by atoms with van der Waals surface area (Å²) >= 11 is 5.95. The minimum atomic E-state index is -0.363. The van der Waals surface area contributed by atoms with Gasteiger partial charge in [0.05, 0.1) is 19.3 Å². The number of para-hydroxylation sites is 1. The minimum Gasteiger partial charge on any atom is -0.495 e. The second-order valence-corrected chi connectivity index (χ2v) is 6.59. The summed E-state index contributed by atoms with van der Waals surface area (Å²) in [6.45, 7) is 3.57. The van der Waals surface area contributed by atoms with Gasteiger partial charge in [-0.1, -0.05) is 29.8 Å². The molecule has 0 unspecified atom stereocenters. The number of nitrogens with zero attached hydrogens (tertiary/aromatic N) is 1. The van der Waals surface area contributed by atoms with E-state index < -0.39 is 0 Å². The molecule has 0 atom stereocenters. The Bertz CT molecular complexity index is 818. The zero-order chi connectivity index (χ0) is 20.0. The molecular weight excluding hydrogens is 368 g/mol. The second kappa shape index (κ2) is 9.28. The van der Waals surface area contributed by atoms with Crippen LogP contribution in [-0.2, 0) is 9.59 Å². The molecule has 27 heavy (non-hydrogen) atoms. The predicted octanol–water partition coefficient (Wildman–Crippen LogP) is 3.44. The van der Waals surface area contributed by atoms with E-state index in [0.717, 1.165) is 11.1 Å². The number of rotatable bonds is 7. The van der Waals surface area contributed by atoms with Crippen LogP contribution in [0.2, 0.25) is 5.02 Å². The molecule has 2 aromatic carbocycles. The van der Waals surface area contributed by atoms with E-state index in [-0.39, 0.29) is 25.0 Å². The third kappa shape index (κ3) is 5.62. The zero-order valence-electron chi connectivity index (χ0n) is 15.8. The van der Waals surface area contributed by atoms with Crippen LogP contribution in [-0.4, -0.2) is 44.0 Å². The van der Waals surface area contributed by atoms with Crippen molar-refractivity contribution in [2.75, 3.05) is 32.6 Å². The standard InChI is InChI=1S/C20H23ClN2O4/c1-13-6-5-7-14(2)20(13)27-12-19(25)23(3)11-18(24)22-16-10-15(21)8-9-17(16)26-4/h5-10H,11-12H2,1-4H3,(H,22,24). The second-order valence-electron chi connectivity index (χ2n) is 6.15. The molecule has 0 aliphatic rings. The van der Waals surface area contributed by atoms with Crippen LogP contribution in [0.25, 0.3) is 0 Å². The third-order valence-electron chi connectivity index (χ3n) is 3.99. The van der Waals surface area contributed by atoms with Crippen LogP contribution in [0.3, 0.4) is 0 Å². The number of methoxy groups -OCH3 is 1. The average molecular weight is 391 g/mol. The quantitative estimate of drug-likeness (QED) is 0.786. The number of aryl methyl sites for hydroxylation is 2. The van der Waals surface area contributed by atoms with Gasteiger partial charge in [0.25, 0.3) is 5.91 Å². The molecule has 2 amide bonds. The SMILES string of the molecule is COc1ccc(Cl)cc1NC(=O)CN(C)C(=O)COc1c(C)cccc1C. The van der Waals surface area contributed by atoms with Gasteiger partial charge in [0.15, 0.2) is 6.61 Å². The summed E-state index contributed by atoms with van der Waals surface area (Å²) in [5.41, 5.74) is 2.36. The Morgan fingerprint density at radius 3 is 2.44 bits per heavy atom. The number of hydrogen-bond acceptors (Lipinski definition) is 4. The number of carbonyl (C=O) groups excluding carboxylic acids is 2. The highest BCUT2D eigenvalue weighted by Gasteiger charge is 2.16. The monoisotopic (exact) mass is 390 g/mol. The van der Waals surface area contributed by atoms with E-state index in [1.165, 1.54) is 12.0 Å². The van der Waals surface area contributed by atoms with Gasteiger partial charge in [0.1, 0.15) is 11.5 Å². The summed E-state index contributed by atoms with van der Waals surface area (Å²) in [4.78, 5) is 25.8. The average Bonchev–Trinajstić information content (AvgIpc) is 2.61. The van der Waals surface area contributed by atoms with Gasteiger partial charge in [0.2, 0.25) is 5.91 Å². The minimum absolute atomic E-state index is 0.120. The smallest absolute Gasteiger partial charge is 0.260 e. The molecule has 1 N–H and O–H groups in total. The normalized spacial score (nSPS) is 10.3. The first-order valence-corrected chi connectivity index (χ1v) is 8.76. The zero-order valence-corrected chi connectivity index (χ0v) is 16.6. The van der Waals surface area contributed by atoms with Crippen LogP contribution in [0.5, 0.6) is 11.5 Å². The lowest BCUT2D eigenvalue weighted by Gasteiger charge is -2.19. The molecule has 0 aliphatic carbocycles. The lowest BCUT2D eigenvalue weighted by molar-refractivity contribution is -0.135. The van der Waals surface area contributed by atoms with E-state index in [0.29, 0.717) is 22.2 Å². The van der Waals surface area contributed by atoms with Crippen molar-refractivity contribution in [3.63, 3.8) is 0 Å². The first-order chi connectivity index (χ1) is 12.8. The van der Waals surface area contributed by atoms with E-state index in [1.54, 1.807) is 25.2 Å². The molecule has 0 radical (unpaired) electrons. The lowest BCUT2D eigenvalue weighted by atomic mass is 10.1. The first-order valence-electron chi connectivity index (χ1n) is 8.38. The fourth-order valence-corrected chi connectivity index (χ4v) is 2.71. The predicted molar refractivity (Wildman–Crippen MR) is 106 cm³/mol. The number of amides is 2. The van der Waals surface area contributed by atoms with Gasteiger partial charge in [0, 0.05) is 12.1 Å². The van der Waals surface area contributed by atoms with Crippen LogP contribution in [0.4, 0.5) is 5.69 Å². The highest BCUT2D eigenvalue weighted by Crippen LogP contribution is 2.27.